The maximum absolute atomic E-state index is 10.6. The topological polar surface area (TPSA) is 62.8 Å². The zero-order chi connectivity index (χ0) is 8.39. The van der Waals surface area contributed by atoms with Gasteiger partial charge in [-0.3, -0.25) is 0 Å². The number of rotatable bonds is 1. The standard InChI is InChI=1S/C7H11N3O2/c11-7-8-10(9-12-7)6-4-2-1-3-5-6/h6H,1-5H2/p+1. The second kappa shape index (κ2) is 3.08. The Morgan fingerprint density at radius 2 is 2.17 bits per heavy atom. The number of nitrogens with one attached hydrogen (secondary N) is 1. The largest absolute Gasteiger partial charge is 0.492 e. The number of aromatic nitrogens is 3. The summed E-state index contributed by atoms with van der Waals surface area (Å²) in [5.41, 5.74) is 0. The third-order valence-corrected chi connectivity index (χ3v) is 2.34. The molecule has 1 aliphatic rings. The van der Waals surface area contributed by atoms with Gasteiger partial charge < -0.3 is 0 Å². The van der Waals surface area contributed by atoms with E-state index in [0.29, 0.717) is 6.04 Å². The lowest BCUT2D eigenvalue weighted by molar-refractivity contribution is -0.835. The van der Waals surface area contributed by atoms with Crippen molar-refractivity contribution in [1.29, 1.82) is 0 Å². The van der Waals surface area contributed by atoms with Crippen molar-refractivity contribution in [1.82, 2.24) is 10.4 Å². The average molecular weight is 170 g/mol. The van der Waals surface area contributed by atoms with E-state index in [1.54, 1.807) is 4.80 Å². The van der Waals surface area contributed by atoms with E-state index >= 15 is 0 Å². The molecule has 5 heteroatoms. The highest BCUT2D eigenvalue weighted by Crippen LogP contribution is 2.22. The predicted octanol–water partition coefficient (Wildman–Crippen LogP) is 0.156. The van der Waals surface area contributed by atoms with Gasteiger partial charge in [-0.2, -0.15) is 0 Å². The first-order chi connectivity index (χ1) is 5.86. The third-order valence-electron chi connectivity index (χ3n) is 2.34. The molecule has 0 saturated heterocycles. The smallest absolute Gasteiger partial charge is 0.240 e. The molecule has 2 rings (SSSR count). The van der Waals surface area contributed by atoms with Gasteiger partial charge in [0.25, 0.3) is 0 Å². The van der Waals surface area contributed by atoms with Gasteiger partial charge in [0.1, 0.15) is 0 Å². The van der Waals surface area contributed by atoms with E-state index < -0.39 is 5.76 Å². The van der Waals surface area contributed by atoms with Crippen LogP contribution in [0.5, 0.6) is 0 Å². The summed E-state index contributed by atoms with van der Waals surface area (Å²) in [6.07, 6.45) is 5.90. The Bertz CT molecular complexity index is 298. The van der Waals surface area contributed by atoms with Gasteiger partial charge >= 0.3 is 5.76 Å². The normalized spacial score (nSPS) is 19.7. The van der Waals surface area contributed by atoms with Crippen LogP contribution in [-0.4, -0.2) is 10.4 Å². The van der Waals surface area contributed by atoms with E-state index in [9.17, 15) is 4.79 Å². The summed E-state index contributed by atoms with van der Waals surface area (Å²) in [6.45, 7) is 0. The fraction of sp³-hybridized carbons (Fsp3) is 0.857. The van der Waals surface area contributed by atoms with Gasteiger partial charge in [-0.15, -0.1) is 0 Å². The summed E-state index contributed by atoms with van der Waals surface area (Å²) < 4.78 is 4.42. The zero-order valence-electron chi connectivity index (χ0n) is 6.82. The molecule has 5 nitrogen and oxygen atoms in total. The van der Waals surface area contributed by atoms with Crippen LogP contribution in [0.4, 0.5) is 0 Å². The van der Waals surface area contributed by atoms with E-state index in [0.717, 1.165) is 12.8 Å². The molecule has 1 aromatic heterocycles. The Labute approximate surface area is 69.3 Å². The molecule has 0 aromatic carbocycles. The molecule has 0 atom stereocenters. The van der Waals surface area contributed by atoms with Gasteiger partial charge in [0.15, 0.2) is 0 Å². The van der Waals surface area contributed by atoms with Crippen molar-refractivity contribution in [3.05, 3.63) is 10.6 Å². The first kappa shape index (κ1) is 7.52. The van der Waals surface area contributed by atoms with Crippen molar-refractivity contribution in [2.24, 2.45) is 0 Å². The van der Waals surface area contributed by atoms with E-state index in [1.807, 2.05) is 0 Å². The first-order valence-corrected chi connectivity index (χ1v) is 4.34. The van der Waals surface area contributed by atoms with E-state index in [4.69, 9.17) is 0 Å². The third kappa shape index (κ3) is 1.39. The second-order valence-electron chi connectivity index (χ2n) is 3.21. The molecule has 66 valence electrons. The van der Waals surface area contributed by atoms with Crippen LogP contribution in [0.15, 0.2) is 9.32 Å². The quantitative estimate of drug-likeness (QED) is 0.610. The zero-order valence-corrected chi connectivity index (χ0v) is 6.82. The van der Waals surface area contributed by atoms with Gasteiger partial charge in [-0.1, -0.05) is 11.5 Å². The highest BCUT2D eigenvalue weighted by Gasteiger charge is 2.26. The summed E-state index contributed by atoms with van der Waals surface area (Å²) >= 11 is 0. The minimum absolute atomic E-state index is 0.338. The van der Waals surface area contributed by atoms with E-state index in [-0.39, 0.29) is 0 Å². The van der Waals surface area contributed by atoms with Gasteiger partial charge in [0.05, 0.1) is 0 Å². The average Bonchev–Trinajstić information content (AvgIpc) is 2.54. The van der Waals surface area contributed by atoms with Crippen LogP contribution < -0.4 is 10.6 Å². The minimum atomic E-state index is -0.472. The molecule has 1 aromatic rings. The molecular formula is C7H12N3O2+. The van der Waals surface area contributed by atoms with Gasteiger partial charge in [-0.05, 0) is 12.8 Å². The second-order valence-corrected chi connectivity index (χ2v) is 3.21. The van der Waals surface area contributed by atoms with Crippen LogP contribution in [0.1, 0.15) is 38.1 Å². The van der Waals surface area contributed by atoms with Crippen molar-refractivity contribution in [2.45, 2.75) is 38.1 Å². The van der Waals surface area contributed by atoms with Crippen molar-refractivity contribution in [2.75, 3.05) is 0 Å². The van der Waals surface area contributed by atoms with Crippen molar-refractivity contribution >= 4 is 0 Å². The summed E-state index contributed by atoms with van der Waals surface area (Å²) in [5, 5.41) is 6.14. The Balaban J connectivity index is 2.13. The molecule has 0 aliphatic heterocycles. The molecule has 1 saturated carbocycles. The molecule has 1 heterocycles. The summed E-state index contributed by atoms with van der Waals surface area (Å²) in [4.78, 5) is 12.2. The molecule has 0 amide bonds. The predicted molar refractivity (Wildman–Crippen MR) is 39.4 cm³/mol. The van der Waals surface area contributed by atoms with Crippen molar-refractivity contribution in [3.63, 3.8) is 0 Å². The molecule has 1 N–H and O–H groups in total. The van der Waals surface area contributed by atoms with Crippen molar-refractivity contribution < 1.29 is 9.32 Å². The molecule has 12 heavy (non-hydrogen) atoms. The maximum atomic E-state index is 10.6. The van der Waals surface area contributed by atoms with E-state index in [2.05, 4.69) is 14.9 Å². The highest BCUT2D eigenvalue weighted by molar-refractivity contribution is 4.58. The lowest BCUT2D eigenvalue weighted by Crippen LogP contribution is -2.46. The van der Waals surface area contributed by atoms with E-state index in [1.165, 1.54) is 19.3 Å². The van der Waals surface area contributed by atoms with Crippen LogP contribution in [0.3, 0.4) is 0 Å². The molecule has 0 radical (unpaired) electrons. The fourth-order valence-electron chi connectivity index (χ4n) is 1.70. The SMILES string of the molecule is O=c1[nH][n+](C2CCCCC2)no1. The lowest BCUT2D eigenvalue weighted by Gasteiger charge is -2.11. The summed E-state index contributed by atoms with van der Waals surface area (Å²) in [6, 6.07) is 0.338. The van der Waals surface area contributed by atoms with Gasteiger partial charge in [-0.25, -0.2) is 9.32 Å². The summed E-state index contributed by atoms with van der Waals surface area (Å²) in [7, 11) is 0. The van der Waals surface area contributed by atoms with Gasteiger partial charge in [0.2, 0.25) is 11.3 Å². The highest BCUT2D eigenvalue weighted by atomic mass is 16.5. The summed E-state index contributed by atoms with van der Waals surface area (Å²) in [5.74, 6) is -0.472. The van der Waals surface area contributed by atoms with Crippen LogP contribution in [0.2, 0.25) is 0 Å². The molecule has 1 fully saturated rings. The Hall–Kier alpha value is -1.13. The Kier molecular flexibility index (Phi) is 1.93. The minimum Gasteiger partial charge on any atom is -0.240 e. The van der Waals surface area contributed by atoms with Crippen molar-refractivity contribution in [3.8, 4) is 0 Å². The van der Waals surface area contributed by atoms with Crippen LogP contribution in [-0.2, 0) is 0 Å². The van der Waals surface area contributed by atoms with Crippen LogP contribution in [0, 0.1) is 0 Å². The molecular weight excluding hydrogens is 158 g/mol. The first-order valence-electron chi connectivity index (χ1n) is 4.34. The van der Waals surface area contributed by atoms with Gasteiger partial charge in [0, 0.05) is 17.6 Å². The molecule has 0 unspecified atom stereocenters. The number of aromatic amines is 1. The Morgan fingerprint density at radius 3 is 2.75 bits per heavy atom. The van der Waals surface area contributed by atoms with Crippen LogP contribution >= 0.6 is 0 Å². The number of hydrogen-bond acceptors (Lipinski definition) is 3. The van der Waals surface area contributed by atoms with Crippen LogP contribution in [0.25, 0.3) is 0 Å². The Morgan fingerprint density at radius 1 is 1.42 bits per heavy atom. The monoisotopic (exact) mass is 170 g/mol. The molecule has 0 bridgehead atoms. The fourth-order valence-corrected chi connectivity index (χ4v) is 1.70. The maximum Gasteiger partial charge on any atom is 0.492 e. The number of hydrogen-bond donors (Lipinski definition) is 1. The number of nitrogens with zero attached hydrogens (tertiary/aromatic N) is 2. The number of H-pyrrole nitrogens is 1. The lowest BCUT2D eigenvalue weighted by atomic mass is 9.96. The molecule has 0 spiro atoms. The molecule has 1 aliphatic carbocycles.